The highest BCUT2D eigenvalue weighted by atomic mass is 16.5. The van der Waals surface area contributed by atoms with E-state index in [1.807, 2.05) is 0 Å². The standard InChI is InChI=1S/C15H18O3/c16-15(17)8-14(10-1-2-10)12-3-4-13-9-18-6-5-11(13)7-12/h3-4,7,10,14H,1-2,5-6,8-9H2,(H,16,17). The molecule has 3 rings (SSSR count). The third-order valence-electron chi connectivity index (χ3n) is 4.02. The van der Waals surface area contributed by atoms with Gasteiger partial charge in [0.15, 0.2) is 0 Å². The van der Waals surface area contributed by atoms with Gasteiger partial charge in [0, 0.05) is 0 Å². The number of carboxylic acid groups (broad SMARTS) is 1. The lowest BCUT2D eigenvalue weighted by atomic mass is 9.88. The molecule has 0 radical (unpaired) electrons. The zero-order valence-electron chi connectivity index (χ0n) is 10.4. The van der Waals surface area contributed by atoms with E-state index in [4.69, 9.17) is 9.84 Å². The van der Waals surface area contributed by atoms with Gasteiger partial charge in [-0.2, -0.15) is 0 Å². The summed E-state index contributed by atoms with van der Waals surface area (Å²) in [7, 11) is 0. The number of carbonyl (C=O) groups is 1. The highest BCUT2D eigenvalue weighted by Crippen LogP contribution is 2.44. The second kappa shape index (κ2) is 4.73. The average Bonchev–Trinajstić information content (AvgIpc) is 3.19. The summed E-state index contributed by atoms with van der Waals surface area (Å²) in [5.41, 5.74) is 3.81. The van der Waals surface area contributed by atoms with Crippen molar-refractivity contribution in [1.29, 1.82) is 0 Å². The average molecular weight is 246 g/mol. The Morgan fingerprint density at radius 2 is 2.22 bits per heavy atom. The van der Waals surface area contributed by atoms with Crippen LogP contribution in [0.3, 0.4) is 0 Å². The number of hydrogen-bond acceptors (Lipinski definition) is 2. The molecule has 1 atom stereocenters. The fourth-order valence-corrected chi connectivity index (χ4v) is 2.86. The van der Waals surface area contributed by atoms with Crippen molar-refractivity contribution in [3.05, 3.63) is 34.9 Å². The first-order chi connectivity index (χ1) is 8.74. The molecule has 1 aromatic carbocycles. The van der Waals surface area contributed by atoms with Crippen LogP contribution in [-0.2, 0) is 22.6 Å². The first-order valence-electron chi connectivity index (χ1n) is 6.65. The monoisotopic (exact) mass is 246 g/mol. The lowest BCUT2D eigenvalue weighted by Crippen LogP contribution is -2.13. The minimum absolute atomic E-state index is 0.204. The van der Waals surface area contributed by atoms with Gasteiger partial charge in [0.05, 0.1) is 19.6 Å². The maximum absolute atomic E-state index is 11.0. The first-order valence-corrected chi connectivity index (χ1v) is 6.65. The Morgan fingerprint density at radius 1 is 1.39 bits per heavy atom. The smallest absolute Gasteiger partial charge is 0.303 e. The van der Waals surface area contributed by atoms with Crippen LogP contribution in [0.5, 0.6) is 0 Å². The molecule has 0 amide bonds. The fraction of sp³-hybridized carbons (Fsp3) is 0.533. The lowest BCUT2D eigenvalue weighted by molar-refractivity contribution is -0.137. The van der Waals surface area contributed by atoms with Crippen molar-refractivity contribution in [3.63, 3.8) is 0 Å². The molecule has 1 fully saturated rings. The van der Waals surface area contributed by atoms with Crippen LogP contribution in [0.1, 0.15) is 41.9 Å². The Hall–Kier alpha value is -1.35. The molecule has 18 heavy (non-hydrogen) atoms. The van der Waals surface area contributed by atoms with E-state index in [-0.39, 0.29) is 12.3 Å². The van der Waals surface area contributed by atoms with Gasteiger partial charge in [0.25, 0.3) is 0 Å². The predicted octanol–water partition coefficient (Wildman–Crippen LogP) is 2.73. The lowest BCUT2D eigenvalue weighted by Gasteiger charge is -2.20. The largest absolute Gasteiger partial charge is 0.481 e. The summed E-state index contributed by atoms with van der Waals surface area (Å²) in [6.45, 7) is 1.48. The van der Waals surface area contributed by atoms with Crippen LogP contribution in [0, 0.1) is 5.92 Å². The van der Waals surface area contributed by atoms with E-state index in [1.165, 1.54) is 29.5 Å². The summed E-state index contributed by atoms with van der Waals surface area (Å²) < 4.78 is 5.43. The van der Waals surface area contributed by atoms with Crippen LogP contribution >= 0.6 is 0 Å². The molecule has 1 N–H and O–H groups in total. The van der Waals surface area contributed by atoms with Gasteiger partial charge in [-0.1, -0.05) is 18.2 Å². The number of ether oxygens (including phenoxy) is 1. The zero-order chi connectivity index (χ0) is 12.5. The third-order valence-corrected chi connectivity index (χ3v) is 4.02. The highest BCUT2D eigenvalue weighted by molar-refractivity contribution is 5.68. The van der Waals surface area contributed by atoms with E-state index in [0.717, 1.165) is 13.0 Å². The van der Waals surface area contributed by atoms with Gasteiger partial charge in [-0.15, -0.1) is 0 Å². The minimum Gasteiger partial charge on any atom is -0.481 e. The summed E-state index contributed by atoms with van der Waals surface area (Å²) >= 11 is 0. The molecule has 0 saturated heterocycles. The number of hydrogen-bond donors (Lipinski definition) is 1. The van der Waals surface area contributed by atoms with E-state index >= 15 is 0 Å². The van der Waals surface area contributed by atoms with E-state index in [0.29, 0.717) is 12.5 Å². The van der Waals surface area contributed by atoms with Crippen molar-refractivity contribution in [2.24, 2.45) is 5.92 Å². The van der Waals surface area contributed by atoms with Crippen LogP contribution in [0.15, 0.2) is 18.2 Å². The number of fused-ring (bicyclic) bond motifs is 1. The fourth-order valence-electron chi connectivity index (χ4n) is 2.86. The minimum atomic E-state index is -0.687. The highest BCUT2D eigenvalue weighted by Gasteiger charge is 2.34. The molecule has 1 saturated carbocycles. The summed E-state index contributed by atoms with van der Waals surface area (Å²) in [6.07, 6.45) is 3.57. The Balaban J connectivity index is 1.87. The quantitative estimate of drug-likeness (QED) is 0.888. The maximum atomic E-state index is 11.0. The molecule has 0 bridgehead atoms. The maximum Gasteiger partial charge on any atom is 0.303 e. The van der Waals surface area contributed by atoms with Gasteiger partial charge >= 0.3 is 5.97 Å². The van der Waals surface area contributed by atoms with Crippen LogP contribution in [0.25, 0.3) is 0 Å². The molecule has 1 aromatic rings. The van der Waals surface area contributed by atoms with Gasteiger partial charge in [-0.3, -0.25) is 4.79 Å². The molecule has 1 aliphatic carbocycles. The molecule has 3 nitrogen and oxygen atoms in total. The number of carboxylic acids is 1. The molecular formula is C15H18O3. The molecule has 0 spiro atoms. The van der Waals surface area contributed by atoms with Crippen LogP contribution < -0.4 is 0 Å². The normalized spacial score (nSPS) is 20.2. The van der Waals surface area contributed by atoms with E-state index in [1.54, 1.807) is 0 Å². The third kappa shape index (κ3) is 2.41. The Morgan fingerprint density at radius 3 is 2.94 bits per heavy atom. The Bertz CT molecular complexity index is 463. The summed E-state index contributed by atoms with van der Waals surface area (Å²) in [5.74, 6) is 0.0996. The Kier molecular flexibility index (Phi) is 3.08. The van der Waals surface area contributed by atoms with Gasteiger partial charge in [-0.25, -0.2) is 0 Å². The molecule has 1 heterocycles. The molecule has 3 heteroatoms. The number of aliphatic carboxylic acids is 1. The van der Waals surface area contributed by atoms with Crippen LogP contribution in [0.4, 0.5) is 0 Å². The number of benzene rings is 1. The number of rotatable bonds is 4. The van der Waals surface area contributed by atoms with E-state index in [2.05, 4.69) is 18.2 Å². The van der Waals surface area contributed by atoms with E-state index < -0.39 is 5.97 Å². The van der Waals surface area contributed by atoms with Crippen molar-refractivity contribution < 1.29 is 14.6 Å². The molecule has 0 aromatic heterocycles. The molecule has 1 aliphatic heterocycles. The molecule has 96 valence electrons. The van der Waals surface area contributed by atoms with Crippen molar-refractivity contribution in [2.45, 2.75) is 38.2 Å². The van der Waals surface area contributed by atoms with Crippen molar-refractivity contribution in [1.82, 2.24) is 0 Å². The first kappa shape index (κ1) is 11.7. The van der Waals surface area contributed by atoms with Gasteiger partial charge in [-0.05, 0) is 47.8 Å². The van der Waals surface area contributed by atoms with Gasteiger partial charge in [0.2, 0.25) is 0 Å². The SMILES string of the molecule is O=C(O)CC(c1ccc2c(c1)CCOC2)C1CC1. The van der Waals surface area contributed by atoms with Crippen LogP contribution in [0.2, 0.25) is 0 Å². The van der Waals surface area contributed by atoms with Crippen molar-refractivity contribution >= 4 is 5.97 Å². The predicted molar refractivity (Wildman–Crippen MR) is 67.5 cm³/mol. The van der Waals surface area contributed by atoms with E-state index in [9.17, 15) is 4.79 Å². The summed E-state index contributed by atoms with van der Waals surface area (Å²) in [4.78, 5) is 11.0. The van der Waals surface area contributed by atoms with Gasteiger partial charge in [0.1, 0.15) is 0 Å². The van der Waals surface area contributed by atoms with Crippen molar-refractivity contribution in [3.8, 4) is 0 Å². The second-order valence-electron chi connectivity index (χ2n) is 5.37. The van der Waals surface area contributed by atoms with Crippen LogP contribution in [-0.4, -0.2) is 17.7 Å². The zero-order valence-corrected chi connectivity index (χ0v) is 10.4. The van der Waals surface area contributed by atoms with Crippen molar-refractivity contribution in [2.75, 3.05) is 6.61 Å². The topological polar surface area (TPSA) is 46.5 Å². The summed E-state index contributed by atoms with van der Waals surface area (Å²) in [6, 6.07) is 6.42. The summed E-state index contributed by atoms with van der Waals surface area (Å²) in [5, 5.41) is 9.04. The second-order valence-corrected chi connectivity index (χ2v) is 5.37. The Labute approximate surface area is 107 Å². The molecular weight excluding hydrogens is 228 g/mol. The molecule has 2 aliphatic rings. The van der Waals surface area contributed by atoms with Gasteiger partial charge < -0.3 is 9.84 Å². The molecule has 1 unspecified atom stereocenters.